The maximum Gasteiger partial charge on any atom is 0.257 e. The van der Waals surface area contributed by atoms with Gasteiger partial charge in [-0.15, -0.1) is 0 Å². The molecule has 1 saturated heterocycles. The van der Waals surface area contributed by atoms with Gasteiger partial charge in [0.05, 0.1) is 17.5 Å². The van der Waals surface area contributed by atoms with Gasteiger partial charge in [0, 0.05) is 38.4 Å². The smallest absolute Gasteiger partial charge is 0.257 e. The Morgan fingerprint density at radius 1 is 1.00 bits per heavy atom. The molecule has 0 saturated carbocycles. The highest BCUT2D eigenvalue weighted by Crippen LogP contribution is 2.26. The van der Waals surface area contributed by atoms with Crippen LogP contribution in [0.1, 0.15) is 45.8 Å². The minimum absolute atomic E-state index is 0.0269. The second-order valence-electron chi connectivity index (χ2n) is 9.72. The lowest BCUT2D eigenvalue weighted by Gasteiger charge is -2.40. The summed E-state index contributed by atoms with van der Waals surface area (Å²) in [6, 6.07) is 14.9. The fraction of sp³-hybridized carbons (Fsp3) is 0.357. The lowest BCUT2D eigenvalue weighted by atomic mass is 9.95. The molecule has 0 spiro atoms. The number of hydrogen-bond acceptors (Lipinski definition) is 6. The van der Waals surface area contributed by atoms with Crippen LogP contribution in [-0.2, 0) is 13.0 Å². The standard InChI is InChI=1S/C28H30N6O2/c1-19-7-8-26(36-19)25-9-13-29-28(31-25)34-20(2)24(17-30-34)27(35)32-15-11-23(12-16-32)33-14-10-21-5-3-4-6-22(21)18-33/h3-9,13,17,23H,10-12,14-16,18H2,1-2H3. The van der Waals surface area contributed by atoms with Crippen LogP contribution in [0.3, 0.4) is 0 Å². The van der Waals surface area contributed by atoms with E-state index in [4.69, 9.17) is 4.42 Å². The van der Waals surface area contributed by atoms with Crippen LogP contribution >= 0.6 is 0 Å². The fourth-order valence-corrected chi connectivity index (χ4v) is 5.41. The van der Waals surface area contributed by atoms with Crippen LogP contribution in [0.4, 0.5) is 0 Å². The van der Waals surface area contributed by atoms with Gasteiger partial charge in [0.1, 0.15) is 11.5 Å². The van der Waals surface area contributed by atoms with E-state index in [1.807, 2.05) is 30.9 Å². The number of aromatic nitrogens is 4. The van der Waals surface area contributed by atoms with Crippen molar-refractivity contribution in [2.24, 2.45) is 0 Å². The second-order valence-corrected chi connectivity index (χ2v) is 9.72. The lowest BCUT2D eigenvalue weighted by Crippen LogP contribution is -2.48. The average Bonchev–Trinajstić information content (AvgIpc) is 3.53. The molecule has 1 aromatic carbocycles. The van der Waals surface area contributed by atoms with Crippen LogP contribution in [-0.4, -0.2) is 61.1 Å². The van der Waals surface area contributed by atoms with Gasteiger partial charge in [0.15, 0.2) is 5.76 Å². The number of aryl methyl sites for hydroxylation is 1. The number of carbonyl (C=O) groups is 1. The maximum atomic E-state index is 13.4. The van der Waals surface area contributed by atoms with E-state index in [0.29, 0.717) is 29.0 Å². The van der Waals surface area contributed by atoms with Gasteiger partial charge in [-0.2, -0.15) is 5.10 Å². The molecule has 0 atom stereocenters. The Kier molecular flexibility index (Phi) is 5.89. The van der Waals surface area contributed by atoms with E-state index in [9.17, 15) is 4.79 Å². The molecule has 1 amide bonds. The van der Waals surface area contributed by atoms with E-state index >= 15 is 0 Å². The molecule has 3 aromatic heterocycles. The van der Waals surface area contributed by atoms with Crippen molar-refractivity contribution in [3.05, 3.63) is 83.0 Å². The van der Waals surface area contributed by atoms with Crippen molar-refractivity contribution >= 4 is 5.91 Å². The first kappa shape index (κ1) is 22.7. The summed E-state index contributed by atoms with van der Waals surface area (Å²) in [4.78, 5) is 27.0. The van der Waals surface area contributed by atoms with E-state index in [2.05, 4.69) is 44.2 Å². The molecule has 4 aromatic rings. The molecule has 2 aliphatic rings. The number of likely N-dealkylation sites (tertiary alicyclic amines) is 1. The Bertz CT molecular complexity index is 1400. The Morgan fingerprint density at radius 2 is 1.81 bits per heavy atom. The summed E-state index contributed by atoms with van der Waals surface area (Å²) in [6.07, 6.45) is 6.42. The first-order valence-corrected chi connectivity index (χ1v) is 12.6. The van der Waals surface area contributed by atoms with E-state index in [1.54, 1.807) is 23.1 Å². The topological polar surface area (TPSA) is 80.3 Å². The van der Waals surface area contributed by atoms with E-state index in [1.165, 1.54) is 11.1 Å². The minimum atomic E-state index is 0.0269. The monoisotopic (exact) mass is 482 g/mol. The van der Waals surface area contributed by atoms with Crippen molar-refractivity contribution in [3.8, 4) is 17.4 Å². The predicted octanol–water partition coefficient (Wildman–Crippen LogP) is 4.20. The Morgan fingerprint density at radius 3 is 2.58 bits per heavy atom. The van der Waals surface area contributed by atoms with Gasteiger partial charge in [-0.1, -0.05) is 24.3 Å². The highest BCUT2D eigenvalue weighted by molar-refractivity contribution is 5.95. The quantitative estimate of drug-likeness (QED) is 0.434. The number of nitrogens with zero attached hydrogens (tertiary/aromatic N) is 6. The van der Waals surface area contributed by atoms with Crippen molar-refractivity contribution in [2.45, 2.75) is 45.7 Å². The Hall–Kier alpha value is -3.78. The van der Waals surface area contributed by atoms with Gasteiger partial charge in [-0.25, -0.2) is 14.6 Å². The third-order valence-corrected chi connectivity index (χ3v) is 7.49. The van der Waals surface area contributed by atoms with Crippen LogP contribution in [0.2, 0.25) is 0 Å². The molecule has 5 heterocycles. The van der Waals surface area contributed by atoms with Crippen LogP contribution in [0.25, 0.3) is 17.4 Å². The minimum Gasteiger partial charge on any atom is -0.460 e. The summed E-state index contributed by atoms with van der Waals surface area (Å²) < 4.78 is 7.33. The number of fused-ring (bicyclic) bond motifs is 1. The molecular formula is C28H30N6O2. The number of carbonyl (C=O) groups excluding carboxylic acids is 1. The maximum absolute atomic E-state index is 13.4. The molecule has 1 fully saturated rings. The average molecular weight is 483 g/mol. The summed E-state index contributed by atoms with van der Waals surface area (Å²) >= 11 is 0. The largest absolute Gasteiger partial charge is 0.460 e. The van der Waals surface area contributed by atoms with E-state index in [0.717, 1.165) is 56.9 Å². The van der Waals surface area contributed by atoms with Gasteiger partial charge < -0.3 is 9.32 Å². The first-order valence-electron chi connectivity index (χ1n) is 12.6. The summed E-state index contributed by atoms with van der Waals surface area (Å²) in [6.45, 7) is 7.42. The molecule has 0 unspecified atom stereocenters. The zero-order valence-corrected chi connectivity index (χ0v) is 20.7. The molecule has 0 aliphatic carbocycles. The molecule has 8 nitrogen and oxygen atoms in total. The second kappa shape index (κ2) is 9.35. The summed E-state index contributed by atoms with van der Waals surface area (Å²) in [5.41, 5.74) is 4.94. The molecule has 6 rings (SSSR count). The van der Waals surface area contributed by atoms with E-state index in [-0.39, 0.29) is 5.91 Å². The van der Waals surface area contributed by atoms with Crippen molar-refractivity contribution in [3.63, 3.8) is 0 Å². The zero-order chi connectivity index (χ0) is 24.6. The van der Waals surface area contributed by atoms with Crippen molar-refractivity contribution < 1.29 is 9.21 Å². The van der Waals surface area contributed by atoms with Gasteiger partial charge >= 0.3 is 0 Å². The molecule has 2 aliphatic heterocycles. The third-order valence-electron chi connectivity index (χ3n) is 7.49. The number of rotatable bonds is 4. The normalized spacial score (nSPS) is 16.8. The van der Waals surface area contributed by atoms with Crippen molar-refractivity contribution in [1.82, 2.24) is 29.5 Å². The Balaban J connectivity index is 1.13. The molecule has 8 heteroatoms. The zero-order valence-electron chi connectivity index (χ0n) is 20.7. The number of hydrogen-bond donors (Lipinski definition) is 0. The summed E-state index contributed by atoms with van der Waals surface area (Å²) in [7, 11) is 0. The SMILES string of the molecule is Cc1ccc(-c2ccnc(-n3ncc(C(=O)N4CCC(N5CCc6ccccc6C5)CC4)c3C)n2)o1. The van der Waals surface area contributed by atoms with Crippen molar-refractivity contribution in [1.29, 1.82) is 0 Å². The fourth-order valence-electron chi connectivity index (χ4n) is 5.41. The summed E-state index contributed by atoms with van der Waals surface area (Å²) in [5, 5.41) is 4.46. The number of benzene rings is 1. The first-order chi connectivity index (χ1) is 17.6. The molecule has 36 heavy (non-hydrogen) atoms. The number of piperidine rings is 1. The summed E-state index contributed by atoms with van der Waals surface area (Å²) in [5.74, 6) is 1.95. The van der Waals surface area contributed by atoms with Crippen LogP contribution in [0.15, 0.2) is 59.3 Å². The predicted molar refractivity (Wildman–Crippen MR) is 136 cm³/mol. The van der Waals surface area contributed by atoms with Gasteiger partial charge in [0.2, 0.25) is 0 Å². The molecule has 0 bridgehead atoms. The lowest BCUT2D eigenvalue weighted by molar-refractivity contribution is 0.0598. The molecule has 0 radical (unpaired) electrons. The number of furan rings is 1. The van der Waals surface area contributed by atoms with Crippen molar-refractivity contribution in [2.75, 3.05) is 19.6 Å². The van der Waals surface area contributed by atoms with Crippen LogP contribution in [0.5, 0.6) is 0 Å². The third kappa shape index (κ3) is 4.22. The molecular weight excluding hydrogens is 452 g/mol. The number of amides is 1. The molecule has 0 N–H and O–H groups in total. The van der Waals surface area contributed by atoms with Gasteiger partial charge in [0.25, 0.3) is 11.9 Å². The highest BCUT2D eigenvalue weighted by Gasteiger charge is 2.30. The van der Waals surface area contributed by atoms with Gasteiger partial charge in [-0.3, -0.25) is 9.69 Å². The van der Waals surface area contributed by atoms with E-state index < -0.39 is 0 Å². The Labute approximate surface area is 210 Å². The molecule has 184 valence electrons. The highest BCUT2D eigenvalue weighted by atomic mass is 16.3. The van der Waals surface area contributed by atoms with Crippen LogP contribution in [0, 0.1) is 13.8 Å². The van der Waals surface area contributed by atoms with Crippen LogP contribution < -0.4 is 0 Å². The van der Waals surface area contributed by atoms with Gasteiger partial charge in [-0.05, 0) is 62.4 Å².